The highest BCUT2D eigenvalue weighted by atomic mass is 16.5. The van der Waals surface area contributed by atoms with Crippen LogP contribution in [0.2, 0.25) is 0 Å². The first-order valence-electron chi connectivity index (χ1n) is 10.0. The molecular weight excluding hydrogens is 356 g/mol. The Bertz CT molecular complexity index is 859. The normalized spacial score (nSPS) is 20.0. The summed E-state index contributed by atoms with van der Waals surface area (Å²) in [7, 11) is 3.07. The maximum atomic E-state index is 13.2. The van der Waals surface area contributed by atoms with Crippen molar-refractivity contribution in [3.8, 4) is 11.8 Å². The van der Waals surface area contributed by atoms with Gasteiger partial charge in [0.25, 0.3) is 5.91 Å². The smallest absolute Gasteiger partial charge is 0.259 e. The average molecular weight is 384 g/mol. The number of aromatic nitrogens is 3. The maximum Gasteiger partial charge on any atom is 0.259 e. The second kappa shape index (κ2) is 7.81. The van der Waals surface area contributed by atoms with E-state index in [1.54, 1.807) is 19.2 Å². The van der Waals surface area contributed by atoms with Crippen LogP contribution in [0.5, 0.6) is 11.8 Å². The van der Waals surface area contributed by atoms with Gasteiger partial charge in [0, 0.05) is 37.0 Å². The van der Waals surface area contributed by atoms with Crippen molar-refractivity contribution in [3.05, 3.63) is 35.4 Å². The molecule has 1 aliphatic carbocycles. The molecule has 2 aromatic heterocycles. The van der Waals surface area contributed by atoms with Crippen molar-refractivity contribution in [2.45, 2.75) is 51.0 Å². The molecule has 0 bridgehead atoms. The van der Waals surface area contributed by atoms with Gasteiger partial charge in [-0.3, -0.25) is 4.79 Å². The van der Waals surface area contributed by atoms with E-state index in [-0.39, 0.29) is 11.9 Å². The van der Waals surface area contributed by atoms with Gasteiger partial charge in [-0.2, -0.15) is 4.98 Å². The van der Waals surface area contributed by atoms with E-state index in [2.05, 4.69) is 16.5 Å². The van der Waals surface area contributed by atoms with Gasteiger partial charge in [0.15, 0.2) is 0 Å². The Labute approximate surface area is 165 Å². The number of imidazole rings is 1. The summed E-state index contributed by atoms with van der Waals surface area (Å²) >= 11 is 0. The quantitative estimate of drug-likeness (QED) is 0.791. The molecule has 0 N–H and O–H groups in total. The summed E-state index contributed by atoms with van der Waals surface area (Å²) < 4.78 is 12.9. The summed E-state index contributed by atoms with van der Waals surface area (Å²) in [5.74, 6) is 2.47. The zero-order valence-electron chi connectivity index (χ0n) is 16.9. The van der Waals surface area contributed by atoms with Gasteiger partial charge >= 0.3 is 0 Å². The molecule has 1 amide bonds. The predicted octanol–water partition coefficient (Wildman–Crippen LogP) is 3.35. The first kappa shape index (κ1) is 18.8. The second-order valence-corrected chi connectivity index (χ2v) is 7.71. The van der Waals surface area contributed by atoms with Gasteiger partial charge in [-0.1, -0.05) is 6.42 Å². The van der Waals surface area contributed by atoms with Crippen LogP contribution in [-0.2, 0) is 0 Å². The van der Waals surface area contributed by atoms with Crippen LogP contribution in [0.15, 0.2) is 18.3 Å². The summed E-state index contributed by atoms with van der Waals surface area (Å²) in [5.41, 5.74) is 1.66. The molecule has 0 radical (unpaired) electrons. The summed E-state index contributed by atoms with van der Waals surface area (Å²) in [5, 5.41) is 0. The number of carbonyl (C=O) groups is 1. The fourth-order valence-corrected chi connectivity index (χ4v) is 4.28. The van der Waals surface area contributed by atoms with E-state index in [1.807, 2.05) is 11.1 Å². The molecule has 2 aromatic rings. The Morgan fingerprint density at radius 3 is 2.64 bits per heavy atom. The van der Waals surface area contributed by atoms with Gasteiger partial charge in [-0.15, -0.1) is 0 Å². The highest BCUT2D eigenvalue weighted by Gasteiger charge is 2.32. The largest absolute Gasteiger partial charge is 0.481 e. The zero-order valence-corrected chi connectivity index (χ0v) is 16.9. The van der Waals surface area contributed by atoms with Crippen LogP contribution in [0.25, 0.3) is 0 Å². The Balaban J connectivity index is 1.56. The van der Waals surface area contributed by atoms with Gasteiger partial charge < -0.3 is 18.9 Å². The highest BCUT2D eigenvalue weighted by molar-refractivity contribution is 5.96. The Hall–Kier alpha value is -2.57. The van der Waals surface area contributed by atoms with Crippen molar-refractivity contribution in [2.75, 3.05) is 27.3 Å². The minimum Gasteiger partial charge on any atom is -0.481 e. The van der Waals surface area contributed by atoms with Crippen LogP contribution < -0.4 is 9.47 Å². The average Bonchev–Trinajstić information content (AvgIpc) is 3.06. The zero-order chi connectivity index (χ0) is 19.7. The molecule has 4 rings (SSSR count). The lowest BCUT2D eigenvalue weighted by molar-refractivity contribution is 0.0671. The first-order chi connectivity index (χ1) is 13.6. The molecule has 1 saturated heterocycles. The van der Waals surface area contributed by atoms with Crippen LogP contribution in [0.3, 0.4) is 0 Å². The van der Waals surface area contributed by atoms with E-state index < -0.39 is 0 Å². The van der Waals surface area contributed by atoms with Gasteiger partial charge in [0.1, 0.15) is 11.4 Å². The predicted molar refractivity (Wildman–Crippen MR) is 105 cm³/mol. The maximum absolute atomic E-state index is 13.2. The van der Waals surface area contributed by atoms with E-state index in [0.29, 0.717) is 29.8 Å². The number of hydrogen-bond acceptors (Lipinski definition) is 5. The van der Waals surface area contributed by atoms with E-state index in [0.717, 1.165) is 19.4 Å². The molecule has 1 unspecified atom stereocenters. The van der Waals surface area contributed by atoms with Crippen molar-refractivity contribution in [1.29, 1.82) is 0 Å². The second-order valence-electron chi connectivity index (χ2n) is 7.71. The number of carbonyl (C=O) groups excluding carboxylic acids is 1. The summed E-state index contributed by atoms with van der Waals surface area (Å²) in [4.78, 5) is 24.1. The van der Waals surface area contributed by atoms with E-state index in [1.165, 1.54) is 37.9 Å². The molecule has 0 aromatic carbocycles. The van der Waals surface area contributed by atoms with Gasteiger partial charge in [0.05, 0.1) is 20.3 Å². The molecule has 0 spiro atoms. The Morgan fingerprint density at radius 2 is 1.96 bits per heavy atom. The monoisotopic (exact) mass is 384 g/mol. The number of amides is 1. The van der Waals surface area contributed by atoms with Crippen LogP contribution in [0.4, 0.5) is 0 Å². The number of ether oxygens (including phenoxy) is 2. The summed E-state index contributed by atoms with van der Waals surface area (Å²) in [6.07, 6.45) is 7.75. The Kier molecular flexibility index (Phi) is 5.24. The number of hydrogen-bond donors (Lipinski definition) is 0. The van der Waals surface area contributed by atoms with Gasteiger partial charge in [-0.05, 0) is 38.7 Å². The molecule has 1 saturated carbocycles. The third kappa shape index (κ3) is 3.34. The molecule has 3 heterocycles. The number of methoxy groups -OCH3 is 2. The molecule has 2 aliphatic rings. The van der Waals surface area contributed by atoms with Crippen molar-refractivity contribution < 1.29 is 14.3 Å². The fourth-order valence-electron chi connectivity index (χ4n) is 4.28. The minimum absolute atomic E-state index is 0.0420. The van der Waals surface area contributed by atoms with Crippen LogP contribution in [0, 0.1) is 6.92 Å². The number of likely N-dealkylation sites (tertiary alicyclic amines) is 1. The van der Waals surface area contributed by atoms with Crippen LogP contribution >= 0.6 is 0 Å². The number of piperidine rings is 1. The lowest BCUT2D eigenvalue weighted by atomic mass is 9.84. The topological polar surface area (TPSA) is 69.5 Å². The molecular formula is C21H28N4O3. The van der Waals surface area contributed by atoms with Crippen LogP contribution in [0.1, 0.15) is 65.9 Å². The first-order valence-corrected chi connectivity index (χ1v) is 10.0. The lowest BCUT2D eigenvalue weighted by Gasteiger charge is -2.36. The molecule has 28 heavy (non-hydrogen) atoms. The van der Waals surface area contributed by atoms with E-state index in [9.17, 15) is 4.79 Å². The van der Waals surface area contributed by atoms with E-state index >= 15 is 0 Å². The number of aryl methyl sites for hydroxylation is 1. The van der Waals surface area contributed by atoms with Crippen LogP contribution in [-0.4, -0.2) is 52.7 Å². The SMILES string of the molecule is COc1ccc(C(=O)N2CCCC(n3c(C)cnc3C3CCC3)C2)c(OC)n1. The fraction of sp³-hybridized carbons (Fsp3) is 0.571. The molecule has 2 fully saturated rings. The molecule has 1 aliphatic heterocycles. The third-order valence-corrected chi connectivity index (χ3v) is 6.00. The standard InChI is InChI=1S/C21H28N4O3/c1-14-12-22-19(15-6-4-7-15)25(14)16-8-5-11-24(13-16)21(26)17-9-10-18(27-2)23-20(17)28-3/h9-10,12,15-16H,4-8,11,13H2,1-3H3. The van der Waals surface area contributed by atoms with Crippen molar-refractivity contribution >= 4 is 5.91 Å². The highest BCUT2D eigenvalue weighted by Crippen LogP contribution is 2.38. The lowest BCUT2D eigenvalue weighted by Crippen LogP contribution is -2.41. The Morgan fingerprint density at radius 1 is 1.14 bits per heavy atom. The van der Waals surface area contributed by atoms with Crippen molar-refractivity contribution in [1.82, 2.24) is 19.4 Å². The van der Waals surface area contributed by atoms with Crippen molar-refractivity contribution in [2.24, 2.45) is 0 Å². The summed E-state index contributed by atoms with van der Waals surface area (Å²) in [6.45, 7) is 3.55. The van der Waals surface area contributed by atoms with Gasteiger partial charge in [0.2, 0.25) is 11.8 Å². The summed E-state index contributed by atoms with van der Waals surface area (Å²) in [6, 6.07) is 3.71. The minimum atomic E-state index is -0.0420. The molecule has 150 valence electrons. The number of nitrogens with zero attached hydrogens (tertiary/aromatic N) is 4. The molecule has 7 nitrogen and oxygen atoms in total. The number of rotatable bonds is 5. The van der Waals surface area contributed by atoms with Gasteiger partial charge in [-0.25, -0.2) is 4.98 Å². The van der Waals surface area contributed by atoms with E-state index in [4.69, 9.17) is 14.5 Å². The number of pyridine rings is 1. The molecule has 1 atom stereocenters. The third-order valence-electron chi connectivity index (χ3n) is 6.00. The van der Waals surface area contributed by atoms with Crippen molar-refractivity contribution in [3.63, 3.8) is 0 Å². The molecule has 7 heteroatoms.